The van der Waals surface area contributed by atoms with Crippen LogP contribution in [-0.4, -0.2) is 57.9 Å². The summed E-state index contributed by atoms with van der Waals surface area (Å²) >= 11 is 1.48. The first-order valence-corrected chi connectivity index (χ1v) is 14.0. The monoisotopic (exact) mass is 556 g/mol. The molecule has 0 radical (unpaired) electrons. The number of aromatic nitrogens is 1. The molecule has 2 heterocycles. The van der Waals surface area contributed by atoms with E-state index < -0.39 is 10.0 Å². The molecule has 1 aliphatic heterocycles. The van der Waals surface area contributed by atoms with Gasteiger partial charge in [-0.2, -0.15) is 0 Å². The van der Waals surface area contributed by atoms with Crippen LogP contribution in [0.25, 0.3) is 10.2 Å². The second-order valence-corrected chi connectivity index (χ2v) is 12.0. The van der Waals surface area contributed by atoms with Crippen LogP contribution in [0.2, 0.25) is 0 Å². The number of para-hydroxylation sites is 2. The Kier molecular flexibility index (Phi) is 7.89. The number of sulfonamides is 1. The van der Waals surface area contributed by atoms with Gasteiger partial charge < -0.3 is 4.90 Å². The lowest BCUT2D eigenvalue weighted by atomic mass is 10.2. The molecule has 0 spiro atoms. The third kappa shape index (κ3) is 5.22. The maximum atomic E-state index is 13.6. The van der Waals surface area contributed by atoms with Gasteiger partial charge in [0.1, 0.15) is 0 Å². The molecule has 0 bridgehead atoms. The van der Waals surface area contributed by atoms with Crippen LogP contribution in [0.5, 0.6) is 0 Å². The van der Waals surface area contributed by atoms with E-state index in [0.29, 0.717) is 36.8 Å². The predicted molar refractivity (Wildman–Crippen MR) is 153 cm³/mol. The maximum absolute atomic E-state index is 13.6. The molecule has 37 heavy (non-hydrogen) atoms. The molecular formula is C27H29ClN4O3S2. The number of halogens is 1. The number of thiazole rings is 1. The van der Waals surface area contributed by atoms with Crippen molar-refractivity contribution in [3.05, 3.63) is 83.4 Å². The molecular weight excluding hydrogens is 528 g/mol. The van der Waals surface area contributed by atoms with Crippen LogP contribution in [0, 0.1) is 6.92 Å². The number of fused-ring (bicyclic) bond motifs is 2. The fourth-order valence-corrected chi connectivity index (χ4v) is 6.96. The number of carbonyl (C=O) groups excluding carboxylic acids is 1. The van der Waals surface area contributed by atoms with Crippen molar-refractivity contribution in [1.82, 2.24) is 9.88 Å². The van der Waals surface area contributed by atoms with Crippen molar-refractivity contribution in [3.8, 4) is 0 Å². The van der Waals surface area contributed by atoms with Gasteiger partial charge in [0, 0.05) is 25.2 Å². The average molecular weight is 557 g/mol. The number of carbonyl (C=O) groups is 1. The van der Waals surface area contributed by atoms with Crippen LogP contribution in [0.1, 0.15) is 21.5 Å². The minimum absolute atomic E-state index is 0. The molecule has 10 heteroatoms. The summed E-state index contributed by atoms with van der Waals surface area (Å²) in [5.74, 6) is -0.205. The molecule has 0 saturated heterocycles. The van der Waals surface area contributed by atoms with Gasteiger partial charge in [-0.05, 0) is 75.0 Å². The Bertz CT molecular complexity index is 1540. The van der Waals surface area contributed by atoms with Gasteiger partial charge in [0.25, 0.3) is 15.9 Å². The fraction of sp³-hybridized carbons (Fsp3) is 0.259. The van der Waals surface area contributed by atoms with Crippen LogP contribution in [0.4, 0.5) is 10.8 Å². The molecule has 1 amide bonds. The van der Waals surface area contributed by atoms with E-state index in [9.17, 15) is 13.2 Å². The van der Waals surface area contributed by atoms with Crippen LogP contribution in [0.15, 0.2) is 71.6 Å². The number of anilines is 2. The van der Waals surface area contributed by atoms with Gasteiger partial charge in [-0.15, -0.1) is 12.4 Å². The normalized spacial score (nSPS) is 13.0. The van der Waals surface area contributed by atoms with Gasteiger partial charge in [0.2, 0.25) is 0 Å². The maximum Gasteiger partial charge on any atom is 0.264 e. The van der Waals surface area contributed by atoms with Gasteiger partial charge in [-0.1, -0.05) is 41.7 Å². The van der Waals surface area contributed by atoms with Gasteiger partial charge >= 0.3 is 0 Å². The smallest absolute Gasteiger partial charge is 0.264 e. The topological polar surface area (TPSA) is 73.8 Å². The molecule has 0 N–H and O–H groups in total. The lowest BCUT2D eigenvalue weighted by Crippen LogP contribution is -2.36. The summed E-state index contributed by atoms with van der Waals surface area (Å²) in [5.41, 5.74) is 4.13. The highest BCUT2D eigenvalue weighted by Crippen LogP contribution is 2.34. The lowest BCUT2D eigenvalue weighted by Gasteiger charge is -2.22. The van der Waals surface area contributed by atoms with Crippen molar-refractivity contribution in [2.24, 2.45) is 0 Å². The highest BCUT2D eigenvalue weighted by Gasteiger charge is 2.31. The third-order valence-electron chi connectivity index (χ3n) is 6.39. The molecule has 7 nitrogen and oxygen atoms in total. The number of benzene rings is 3. The van der Waals surface area contributed by atoms with Gasteiger partial charge in [-0.25, -0.2) is 13.4 Å². The average Bonchev–Trinajstić information content (AvgIpc) is 3.50. The molecule has 1 aliphatic rings. The second-order valence-electron chi connectivity index (χ2n) is 9.16. The van der Waals surface area contributed by atoms with E-state index in [0.717, 1.165) is 27.0 Å². The highest BCUT2D eigenvalue weighted by molar-refractivity contribution is 7.92. The van der Waals surface area contributed by atoms with E-state index >= 15 is 0 Å². The molecule has 1 aromatic heterocycles. The standard InChI is InChI=1S/C27H28N4O3S2.ClH/c1-19-7-6-10-24-25(19)28-27(35-24)30(18-17-29(2)3)26(32)21-11-13-22(14-12-21)36(33,34)31-16-15-20-8-4-5-9-23(20)31;/h4-14H,15-18H2,1-3H3;1H. The SMILES string of the molecule is Cc1cccc2sc(N(CCN(C)C)C(=O)c3ccc(S(=O)(=O)N4CCc5ccccc54)cc3)nc12.Cl. The first-order chi connectivity index (χ1) is 17.3. The van der Waals surface area contributed by atoms with Crippen molar-refractivity contribution in [2.75, 3.05) is 42.9 Å². The van der Waals surface area contributed by atoms with Crippen LogP contribution >= 0.6 is 23.7 Å². The molecule has 5 rings (SSSR count). The molecule has 0 unspecified atom stereocenters. The summed E-state index contributed by atoms with van der Waals surface area (Å²) in [6, 6.07) is 19.8. The number of aryl methyl sites for hydroxylation is 1. The van der Waals surface area contributed by atoms with Gasteiger partial charge in [0.05, 0.1) is 20.8 Å². The molecule has 194 valence electrons. The van der Waals surface area contributed by atoms with E-state index in [4.69, 9.17) is 4.98 Å². The number of rotatable bonds is 7. The zero-order chi connectivity index (χ0) is 25.4. The summed E-state index contributed by atoms with van der Waals surface area (Å²) in [7, 11) is 0.200. The molecule has 0 atom stereocenters. The number of nitrogens with zero attached hydrogens (tertiary/aromatic N) is 4. The van der Waals surface area contributed by atoms with Gasteiger partial charge in [0.15, 0.2) is 5.13 Å². The lowest BCUT2D eigenvalue weighted by molar-refractivity contribution is 0.0985. The largest absolute Gasteiger partial charge is 0.308 e. The number of hydrogen-bond donors (Lipinski definition) is 0. The van der Waals surface area contributed by atoms with Crippen molar-refractivity contribution in [3.63, 3.8) is 0 Å². The van der Waals surface area contributed by atoms with Crippen molar-refractivity contribution in [2.45, 2.75) is 18.2 Å². The zero-order valence-corrected chi connectivity index (χ0v) is 23.4. The van der Waals surface area contributed by atoms with E-state index in [1.54, 1.807) is 17.0 Å². The van der Waals surface area contributed by atoms with Gasteiger partial charge in [-0.3, -0.25) is 14.0 Å². The van der Waals surface area contributed by atoms with E-state index in [1.165, 1.54) is 27.8 Å². The van der Waals surface area contributed by atoms with Crippen molar-refractivity contribution < 1.29 is 13.2 Å². The van der Waals surface area contributed by atoms with Crippen LogP contribution in [0.3, 0.4) is 0 Å². The fourth-order valence-electron chi connectivity index (χ4n) is 4.38. The Labute approximate surface area is 227 Å². The van der Waals surface area contributed by atoms with E-state index in [-0.39, 0.29) is 23.2 Å². The Balaban J connectivity index is 0.00000320. The Morgan fingerprint density at radius 3 is 2.43 bits per heavy atom. The summed E-state index contributed by atoms with van der Waals surface area (Å²) in [4.78, 5) is 22.3. The second kappa shape index (κ2) is 10.8. The molecule has 0 fully saturated rings. The van der Waals surface area contributed by atoms with E-state index in [1.807, 2.05) is 68.4 Å². The highest BCUT2D eigenvalue weighted by atomic mass is 35.5. The Hall–Kier alpha value is -2.98. The Morgan fingerprint density at radius 2 is 1.73 bits per heavy atom. The predicted octanol–water partition coefficient (Wildman–Crippen LogP) is 4.99. The quantitative estimate of drug-likeness (QED) is 0.321. The first kappa shape index (κ1) is 27.1. The molecule has 3 aromatic carbocycles. The third-order valence-corrected chi connectivity index (χ3v) is 9.26. The molecule has 0 aliphatic carbocycles. The minimum atomic E-state index is -3.72. The van der Waals surface area contributed by atoms with Crippen LogP contribution < -0.4 is 9.21 Å². The molecule has 0 saturated carbocycles. The van der Waals surface area contributed by atoms with Crippen molar-refractivity contribution >= 4 is 60.7 Å². The summed E-state index contributed by atoms with van der Waals surface area (Å²) < 4.78 is 29.2. The summed E-state index contributed by atoms with van der Waals surface area (Å²) in [6.45, 7) is 3.56. The Morgan fingerprint density at radius 1 is 1.00 bits per heavy atom. The van der Waals surface area contributed by atoms with E-state index in [2.05, 4.69) is 0 Å². The molecule has 4 aromatic rings. The zero-order valence-electron chi connectivity index (χ0n) is 20.9. The first-order valence-electron chi connectivity index (χ1n) is 11.8. The summed E-state index contributed by atoms with van der Waals surface area (Å²) in [6.07, 6.45) is 0.689. The van der Waals surface area contributed by atoms with Crippen molar-refractivity contribution in [1.29, 1.82) is 0 Å². The van der Waals surface area contributed by atoms with Crippen LogP contribution in [-0.2, 0) is 16.4 Å². The number of likely N-dealkylation sites (N-methyl/N-ethyl adjacent to an activating group) is 1. The number of hydrogen-bond acceptors (Lipinski definition) is 6. The number of amides is 1. The minimum Gasteiger partial charge on any atom is -0.308 e. The summed E-state index contributed by atoms with van der Waals surface area (Å²) in [5, 5.41) is 0.636.